The summed E-state index contributed by atoms with van der Waals surface area (Å²) >= 11 is 0. The number of nitrogen functional groups attached to an aromatic ring is 1. The number of aryl methyl sites for hydroxylation is 1. The summed E-state index contributed by atoms with van der Waals surface area (Å²) in [6.45, 7) is 15.4. The average molecular weight is 251 g/mol. The molecule has 1 rings (SSSR count). The van der Waals surface area contributed by atoms with Gasteiger partial charge in [-0.15, -0.1) is 0 Å². The van der Waals surface area contributed by atoms with Crippen molar-refractivity contribution in [2.75, 3.05) is 5.73 Å². The number of hydrogen-bond acceptors (Lipinski definition) is 2. The Morgan fingerprint density at radius 2 is 1.65 bits per heavy atom. The van der Waals surface area contributed by atoms with Crippen molar-refractivity contribution in [1.82, 2.24) is 0 Å². The van der Waals surface area contributed by atoms with Crippen molar-refractivity contribution in [1.29, 1.82) is 0 Å². The Kier molecular flexibility index (Phi) is 3.62. The van der Waals surface area contributed by atoms with Crippen LogP contribution in [-0.2, 0) is 0 Å². The second-order valence-electron chi connectivity index (χ2n) is 6.32. The molecule has 1 aromatic carbocycles. The van der Waals surface area contributed by atoms with Gasteiger partial charge in [0, 0.05) is 11.8 Å². The van der Waals surface area contributed by atoms with Gasteiger partial charge in [0.2, 0.25) is 8.32 Å². The molecule has 0 fully saturated rings. The van der Waals surface area contributed by atoms with E-state index in [1.54, 1.807) is 0 Å². The van der Waals surface area contributed by atoms with E-state index in [0.29, 0.717) is 0 Å². The van der Waals surface area contributed by atoms with Crippen molar-refractivity contribution in [3.05, 3.63) is 23.3 Å². The number of anilines is 1. The Labute approximate surface area is 106 Å². The highest BCUT2D eigenvalue weighted by molar-refractivity contribution is 6.74. The molecule has 0 aliphatic carbocycles. The number of hydrogen-bond donors (Lipinski definition) is 1. The summed E-state index contributed by atoms with van der Waals surface area (Å²) in [5.74, 6) is 0.953. The van der Waals surface area contributed by atoms with Gasteiger partial charge in [-0.3, -0.25) is 0 Å². The average Bonchev–Trinajstić information content (AvgIpc) is 2.11. The van der Waals surface area contributed by atoms with Crippen LogP contribution in [0.4, 0.5) is 5.69 Å². The van der Waals surface area contributed by atoms with Gasteiger partial charge < -0.3 is 10.2 Å². The molecule has 0 aliphatic rings. The Morgan fingerprint density at radius 1 is 1.12 bits per heavy atom. The highest BCUT2D eigenvalue weighted by Gasteiger charge is 2.39. The van der Waals surface area contributed by atoms with Gasteiger partial charge in [0.15, 0.2) is 0 Å². The van der Waals surface area contributed by atoms with E-state index in [-0.39, 0.29) is 5.04 Å². The zero-order valence-corrected chi connectivity index (χ0v) is 13.1. The molecular formula is C14H25NOSi. The van der Waals surface area contributed by atoms with Crippen molar-refractivity contribution in [3.63, 3.8) is 0 Å². The fourth-order valence-electron chi connectivity index (χ4n) is 1.39. The summed E-state index contributed by atoms with van der Waals surface area (Å²) in [7, 11) is -1.78. The Balaban J connectivity index is 3.12. The van der Waals surface area contributed by atoms with E-state index < -0.39 is 8.32 Å². The second-order valence-corrected chi connectivity index (χ2v) is 11.0. The molecule has 0 aliphatic heterocycles. The third-order valence-electron chi connectivity index (χ3n) is 3.81. The lowest BCUT2D eigenvalue weighted by molar-refractivity contribution is 0.489. The summed E-state index contributed by atoms with van der Waals surface area (Å²) in [5.41, 5.74) is 9.06. The lowest BCUT2D eigenvalue weighted by atomic mass is 10.1. The molecule has 96 valence electrons. The van der Waals surface area contributed by atoms with Crippen LogP contribution in [0.25, 0.3) is 0 Å². The third-order valence-corrected chi connectivity index (χ3v) is 8.16. The Hall–Kier alpha value is -0.963. The van der Waals surface area contributed by atoms with Crippen LogP contribution < -0.4 is 10.2 Å². The normalized spacial score (nSPS) is 12.6. The lowest BCUT2D eigenvalue weighted by Gasteiger charge is -2.37. The van der Waals surface area contributed by atoms with E-state index in [1.807, 2.05) is 12.1 Å². The van der Waals surface area contributed by atoms with Gasteiger partial charge in [0.1, 0.15) is 5.75 Å². The molecule has 2 N–H and O–H groups in total. The first-order valence-electron chi connectivity index (χ1n) is 6.10. The third kappa shape index (κ3) is 3.03. The van der Waals surface area contributed by atoms with Crippen LogP contribution >= 0.6 is 0 Å². The number of benzene rings is 1. The summed E-state index contributed by atoms with van der Waals surface area (Å²) in [4.78, 5) is 0. The van der Waals surface area contributed by atoms with E-state index in [2.05, 4.69) is 47.7 Å². The summed E-state index contributed by atoms with van der Waals surface area (Å²) in [6, 6.07) is 3.94. The first kappa shape index (κ1) is 14.1. The van der Waals surface area contributed by atoms with Crippen LogP contribution in [0.1, 0.15) is 31.9 Å². The van der Waals surface area contributed by atoms with Crippen molar-refractivity contribution in [2.45, 2.75) is 52.8 Å². The Morgan fingerprint density at radius 3 is 2.12 bits per heavy atom. The quantitative estimate of drug-likeness (QED) is 0.629. The first-order chi connectivity index (χ1) is 7.54. The van der Waals surface area contributed by atoms with Gasteiger partial charge in [-0.25, -0.2) is 0 Å². The smallest absolute Gasteiger partial charge is 0.250 e. The van der Waals surface area contributed by atoms with E-state index in [9.17, 15) is 0 Å². The molecular weight excluding hydrogens is 226 g/mol. The van der Waals surface area contributed by atoms with Crippen molar-refractivity contribution < 1.29 is 4.43 Å². The SMILES string of the molecule is Cc1cc(N)cc(O[Si](C)(C)C(C)(C)C)c1C. The highest BCUT2D eigenvalue weighted by Crippen LogP contribution is 2.39. The lowest BCUT2D eigenvalue weighted by Crippen LogP contribution is -2.44. The Bertz CT molecular complexity index is 419. The summed E-state index contributed by atoms with van der Waals surface area (Å²) in [6.07, 6.45) is 0. The van der Waals surface area contributed by atoms with Crippen LogP contribution in [0, 0.1) is 13.8 Å². The minimum atomic E-state index is -1.78. The molecule has 0 bridgehead atoms. The predicted molar refractivity (Wildman–Crippen MR) is 78.2 cm³/mol. The molecule has 0 heterocycles. The summed E-state index contributed by atoms with van der Waals surface area (Å²) in [5, 5.41) is 0.206. The zero-order chi connectivity index (χ0) is 13.4. The highest BCUT2D eigenvalue weighted by atomic mass is 28.4. The fraction of sp³-hybridized carbons (Fsp3) is 0.571. The first-order valence-corrected chi connectivity index (χ1v) is 9.01. The summed E-state index contributed by atoms with van der Waals surface area (Å²) < 4.78 is 6.32. The minimum absolute atomic E-state index is 0.206. The van der Waals surface area contributed by atoms with Crippen LogP contribution in [0.15, 0.2) is 12.1 Å². The van der Waals surface area contributed by atoms with Crippen LogP contribution in [-0.4, -0.2) is 8.32 Å². The van der Waals surface area contributed by atoms with Gasteiger partial charge in [-0.2, -0.15) is 0 Å². The van der Waals surface area contributed by atoms with Gasteiger partial charge in [-0.1, -0.05) is 20.8 Å². The molecule has 0 radical (unpaired) electrons. The molecule has 1 aromatic rings. The minimum Gasteiger partial charge on any atom is -0.543 e. The maximum Gasteiger partial charge on any atom is 0.250 e. The van der Waals surface area contributed by atoms with Gasteiger partial charge >= 0.3 is 0 Å². The molecule has 0 atom stereocenters. The predicted octanol–water partition coefficient (Wildman–Crippen LogP) is 4.27. The van der Waals surface area contributed by atoms with Crippen molar-refractivity contribution in [3.8, 4) is 5.75 Å². The molecule has 0 amide bonds. The van der Waals surface area contributed by atoms with Crippen LogP contribution in [0.2, 0.25) is 18.1 Å². The van der Waals surface area contributed by atoms with E-state index >= 15 is 0 Å². The second kappa shape index (κ2) is 4.37. The van der Waals surface area contributed by atoms with Crippen LogP contribution in [0.5, 0.6) is 5.75 Å². The van der Waals surface area contributed by atoms with Gasteiger partial charge in [0.05, 0.1) is 0 Å². The van der Waals surface area contributed by atoms with E-state index in [1.165, 1.54) is 11.1 Å². The number of nitrogens with two attached hydrogens (primary N) is 1. The molecule has 0 saturated heterocycles. The molecule has 0 aromatic heterocycles. The molecule has 0 unspecified atom stereocenters. The maximum absolute atomic E-state index is 6.32. The standard InChI is InChI=1S/C14H25NOSi/c1-10-8-12(15)9-13(11(10)2)16-17(6,7)14(3,4)5/h8-9H,15H2,1-7H3. The van der Waals surface area contributed by atoms with E-state index in [4.69, 9.17) is 10.2 Å². The van der Waals surface area contributed by atoms with Gasteiger partial charge in [-0.05, 0) is 49.2 Å². The fourth-order valence-corrected chi connectivity index (χ4v) is 2.46. The molecule has 17 heavy (non-hydrogen) atoms. The largest absolute Gasteiger partial charge is 0.543 e. The van der Waals surface area contributed by atoms with Crippen LogP contribution in [0.3, 0.4) is 0 Å². The van der Waals surface area contributed by atoms with Gasteiger partial charge in [0.25, 0.3) is 0 Å². The molecule has 0 spiro atoms. The molecule has 3 heteroatoms. The molecule has 2 nitrogen and oxygen atoms in total. The maximum atomic E-state index is 6.32. The number of rotatable bonds is 2. The van der Waals surface area contributed by atoms with Crippen molar-refractivity contribution >= 4 is 14.0 Å². The monoisotopic (exact) mass is 251 g/mol. The zero-order valence-electron chi connectivity index (χ0n) is 12.1. The van der Waals surface area contributed by atoms with Crippen molar-refractivity contribution in [2.24, 2.45) is 0 Å². The molecule has 0 saturated carbocycles. The van der Waals surface area contributed by atoms with E-state index in [0.717, 1.165) is 11.4 Å². The topological polar surface area (TPSA) is 35.2 Å².